The molecule has 1 aliphatic rings. The van der Waals surface area contributed by atoms with Crippen molar-refractivity contribution in [2.45, 2.75) is 45.6 Å². The van der Waals surface area contributed by atoms with Crippen molar-refractivity contribution >= 4 is 17.3 Å². The minimum Gasteiger partial charge on any atom is -0.490 e. The normalized spacial score (nSPS) is 24.6. The Balaban J connectivity index is 2.10. The number of nitrogens with two attached hydrogens (primary N) is 1. The van der Waals surface area contributed by atoms with Gasteiger partial charge >= 0.3 is 0 Å². The smallest absolute Gasteiger partial charge is 0.124 e. The number of ether oxygens (including phenoxy) is 1. The Morgan fingerprint density at radius 2 is 2.12 bits per heavy atom. The van der Waals surface area contributed by atoms with Crippen molar-refractivity contribution in [2.24, 2.45) is 5.92 Å². The van der Waals surface area contributed by atoms with Crippen LogP contribution in [-0.2, 0) is 0 Å². The molecule has 0 aromatic heterocycles. The van der Waals surface area contributed by atoms with Gasteiger partial charge in [0.1, 0.15) is 5.75 Å². The highest BCUT2D eigenvalue weighted by Crippen LogP contribution is 2.32. The predicted molar refractivity (Wildman–Crippen MR) is 72.6 cm³/mol. The molecular weight excluding hydrogens is 234 g/mol. The first-order valence-electron chi connectivity index (χ1n) is 6.28. The van der Waals surface area contributed by atoms with Gasteiger partial charge in [-0.25, -0.2) is 0 Å². The lowest BCUT2D eigenvalue weighted by Crippen LogP contribution is -2.24. The number of hydrogen-bond donors (Lipinski definition) is 1. The molecule has 0 bridgehead atoms. The van der Waals surface area contributed by atoms with E-state index in [-0.39, 0.29) is 0 Å². The van der Waals surface area contributed by atoms with Gasteiger partial charge in [0.2, 0.25) is 0 Å². The van der Waals surface area contributed by atoms with E-state index in [1.54, 1.807) is 0 Å². The fourth-order valence-electron chi connectivity index (χ4n) is 2.48. The summed E-state index contributed by atoms with van der Waals surface area (Å²) in [6.07, 6.45) is 5.19. The van der Waals surface area contributed by atoms with Crippen molar-refractivity contribution in [3.8, 4) is 5.75 Å². The SMILES string of the molecule is Cc1cc(N)c(Cl)cc1OC1CCCC(C)C1. The van der Waals surface area contributed by atoms with Gasteiger partial charge in [-0.05, 0) is 43.7 Å². The van der Waals surface area contributed by atoms with Crippen LogP contribution in [0.4, 0.5) is 5.69 Å². The lowest BCUT2D eigenvalue weighted by molar-refractivity contribution is 0.128. The molecule has 1 aromatic rings. The molecule has 1 fully saturated rings. The van der Waals surface area contributed by atoms with Crippen LogP contribution < -0.4 is 10.5 Å². The minimum absolute atomic E-state index is 0.331. The second-order valence-corrected chi connectivity index (χ2v) is 5.56. The Morgan fingerprint density at radius 1 is 1.35 bits per heavy atom. The van der Waals surface area contributed by atoms with Crippen LogP contribution >= 0.6 is 11.6 Å². The molecule has 0 heterocycles. The van der Waals surface area contributed by atoms with Crippen LogP contribution in [0.5, 0.6) is 5.75 Å². The molecule has 17 heavy (non-hydrogen) atoms. The maximum atomic E-state index is 6.05. The van der Waals surface area contributed by atoms with Crippen molar-refractivity contribution in [1.82, 2.24) is 0 Å². The Labute approximate surface area is 108 Å². The third-order valence-electron chi connectivity index (χ3n) is 3.48. The molecule has 1 saturated carbocycles. The number of aryl methyl sites for hydroxylation is 1. The third kappa shape index (κ3) is 3.06. The van der Waals surface area contributed by atoms with Crippen molar-refractivity contribution in [3.63, 3.8) is 0 Å². The molecule has 0 aliphatic heterocycles. The third-order valence-corrected chi connectivity index (χ3v) is 3.80. The number of hydrogen-bond acceptors (Lipinski definition) is 2. The number of benzene rings is 1. The number of nitrogen functional groups attached to an aromatic ring is 1. The average Bonchev–Trinajstić information content (AvgIpc) is 2.26. The van der Waals surface area contributed by atoms with Gasteiger partial charge in [0.15, 0.2) is 0 Å². The maximum Gasteiger partial charge on any atom is 0.124 e. The highest BCUT2D eigenvalue weighted by molar-refractivity contribution is 6.33. The van der Waals surface area contributed by atoms with Crippen LogP contribution in [0.25, 0.3) is 0 Å². The number of anilines is 1. The fourth-order valence-corrected chi connectivity index (χ4v) is 2.63. The first kappa shape index (κ1) is 12.6. The van der Waals surface area contributed by atoms with E-state index >= 15 is 0 Å². The lowest BCUT2D eigenvalue weighted by atomic mass is 9.88. The molecule has 0 amide bonds. The molecule has 2 nitrogen and oxygen atoms in total. The van der Waals surface area contributed by atoms with Gasteiger partial charge in [0.25, 0.3) is 0 Å². The van der Waals surface area contributed by atoms with E-state index in [0.717, 1.165) is 30.1 Å². The summed E-state index contributed by atoms with van der Waals surface area (Å²) in [6.45, 7) is 4.30. The van der Waals surface area contributed by atoms with Crippen molar-refractivity contribution < 1.29 is 4.74 Å². The summed E-state index contributed by atoms with van der Waals surface area (Å²) in [7, 11) is 0. The van der Waals surface area contributed by atoms with Crippen LogP contribution in [-0.4, -0.2) is 6.10 Å². The predicted octanol–water partition coefficient (Wildman–Crippen LogP) is 4.19. The Bertz CT molecular complexity index is 405. The fraction of sp³-hybridized carbons (Fsp3) is 0.571. The molecule has 2 atom stereocenters. The topological polar surface area (TPSA) is 35.2 Å². The zero-order valence-corrected chi connectivity index (χ0v) is 11.3. The summed E-state index contributed by atoms with van der Waals surface area (Å²) in [4.78, 5) is 0. The summed E-state index contributed by atoms with van der Waals surface area (Å²) in [5.74, 6) is 1.64. The van der Waals surface area contributed by atoms with E-state index in [9.17, 15) is 0 Å². The van der Waals surface area contributed by atoms with Gasteiger partial charge in [0, 0.05) is 6.07 Å². The van der Waals surface area contributed by atoms with Crippen LogP contribution in [0.2, 0.25) is 5.02 Å². The highest BCUT2D eigenvalue weighted by Gasteiger charge is 2.21. The summed E-state index contributed by atoms with van der Waals surface area (Å²) in [5, 5.41) is 0.578. The zero-order valence-electron chi connectivity index (χ0n) is 10.5. The standard InChI is InChI=1S/C14H20ClNO/c1-9-4-3-5-11(6-9)17-14-8-12(15)13(16)7-10(14)2/h7-9,11H,3-6,16H2,1-2H3. The van der Waals surface area contributed by atoms with E-state index < -0.39 is 0 Å². The first-order chi connectivity index (χ1) is 8.06. The number of rotatable bonds is 2. The van der Waals surface area contributed by atoms with E-state index in [0.29, 0.717) is 16.8 Å². The second kappa shape index (κ2) is 5.18. The maximum absolute atomic E-state index is 6.05. The van der Waals surface area contributed by atoms with Crippen LogP contribution in [0, 0.1) is 12.8 Å². The van der Waals surface area contributed by atoms with Crippen molar-refractivity contribution in [2.75, 3.05) is 5.73 Å². The van der Waals surface area contributed by atoms with Crippen molar-refractivity contribution in [1.29, 1.82) is 0 Å². The highest BCUT2D eigenvalue weighted by atomic mass is 35.5. The van der Waals surface area contributed by atoms with Gasteiger partial charge in [-0.3, -0.25) is 0 Å². The summed E-state index contributed by atoms with van der Waals surface area (Å²) < 4.78 is 6.05. The molecular formula is C14H20ClNO. The van der Waals surface area contributed by atoms with Gasteiger partial charge in [0.05, 0.1) is 16.8 Å². The van der Waals surface area contributed by atoms with Gasteiger partial charge in [-0.2, -0.15) is 0 Å². The monoisotopic (exact) mass is 253 g/mol. The van der Waals surface area contributed by atoms with Crippen LogP contribution in [0.1, 0.15) is 38.2 Å². The minimum atomic E-state index is 0.331. The molecule has 2 unspecified atom stereocenters. The van der Waals surface area contributed by atoms with Crippen LogP contribution in [0.15, 0.2) is 12.1 Å². The van der Waals surface area contributed by atoms with E-state index in [4.69, 9.17) is 22.1 Å². The Kier molecular flexibility index (Phi) is 3.82. The molecule has 0 spiro atoms. The van der Waals surface area contributed by atoms with Gasteiger partial charge in [-0.15, -0.1) is 0 Å². The van der Waals surface area contributed by atoms with E-state index in [1.807, 2.05) is 19.1 Å². The molecule has 0 saturated heterocycles. The van der Waals surface area contributed by atoms with E-state index in [1.165, 1.54) is 12.8 Å². The number of halogens is 1. The Hall–Kier alpha value is -0.890. The van der Waals surface area contributed by atoms with Crippen LogP contribution in [0.3, 0.4) is 0 Å². The lowest BCUT2D eigenvalue weighted by Gasteiger charge is -2.28. The molecule has 2 N–H and O–H groups in total. The van der Waals surface area contributed by atoms with Crippen molar-refractivity contribution in [3.05, 3.63) is 22.7 Å². The van der Waals surface area contributed by atoms with Gasteiger partial charge in [-0.1, -0.05) is 24.9 Å². The molecule has 1 aromatic carbocycles. The molecule has 0 radical (unpaired) electrons. The molecule has 2 rings (SSSR count). The second-order valence-electron chi connectivity index (χ2n) is 5.15. The summed E-state index contributed by atoms with van der Waals surface area (Å²) in [5.41, 5.74) is 7.44. The summed E-state index contributed by atoms with van der Waals surface area (Å²) >= 11 is 6.03. The average molecular weight is 254 g/mol. The molecule has 1 aliphatic carbocycles. The van der Waals surface area contributed by atoms with Gasteiger partial charge < -0.3 is 10.5 Å². The first-order valence-corrected chi connectivity index (χ1v) is 6.66. The summed E-state index contributed by atoms with van der Waals surface area (Å²) in [6, 6.07) is 3.72. The van der Waals surface area contributed by atoms with E-state index in [2.05, 4.69) is 6.92 Å². The molecule has 3 heteroatoms. The molecule has 94 valence electrons. The largest absolute Gasteiger partial charge is 0.490 e. The zero-order chi connectivity index (χ0) is 12.4. The quantitative estimate of drug-likeness (QED) is 0.803. The Morgan fingerprint density at radius 3 is 2.82 bits per heavy atom.